The van der Waals surface area contributed by atoms with Crippen molar-refractivity contribution in [3.05, 3.63) is 29.3 Å². The molecule has 1 N–H and O–H groups in total. The quantitative estimate of drug-likeness (QED) is 0.890. The van der Waals surface area contributed by atoms with E-state index in [1.165, 1.54) is 5.56 Å². The highest BCUT2D eigenvalue weighted by Crippen LogP contribution is 2.28. The number of aryl methyl sites for hydroxylation is 2. The molecule has 1 aliphatic heterocycles. The Hall–Kier alpha value is -1.84. The molecular formula is C14H17NO3. The Morgan fingerprint density at radius 2 is 2.11 bits per heavy atom. The van der Waals surface area contributed by atoms with Gasteiger partial charge >= 0.3 is 5.97 Å². The maximum atomic E-state index is 12.0. The van der Waals surface area contributed by atoms with Crippen LogP contribution in [0, 0.1) is 6.92 Å². The van der Waals surface area contributed by atoms with Gasteiger partial charge in [0, 0.05) is 18.7 Å². The van der Waals surface area contributed by atoms with Crippen LogP contribution in [0.2, 0.25) is 0 Å². The van der Waals surface area contributed by atoms with Crippen molar-refractivity contribution >= 4 is 17.6 Å². The summed E-state index contributed by atoms with van der Waals surface area (Å²) in [6.45, 7) is 2.68. The summed E-state index contributed by atoms with van der Waals surface area (Å²) in [7, 11) is 0. The zero-order valence-corrected chi connectivity index (χ0v) is 10.5. The van der Waals surface area contributed by atoms with Crippen molar-refractivity contribution in [3.8, 4) is 0 Å². The normalized spacial score (nSPS) is 14.2. The van der Waals surface area contributed by atoms with E-state index in [-0.39, 0.29) is 18.7 Å². The molecule has 0 aliphatic carbocycles. The molecule has 2 rings (SSSR count). The highest BCUT2D eigenvalue weighted by Gasteiger charge is 2.22. The number of carboxylic acids is 1. The van der Waals surface area contributed by atoms with E-state index in [1.807, 2.05) is 19.1 Å². The number of anilines is 1. The molecule has 1 heterocycles. The van der Waals surface area contributed by atoms with Gasteiger partial charge < -0.3 is 10.0 Å². The molecular weight excluding hydrogens is 230 g/mol. The molecule has 1 aromatic carbocycles. The largest absolute Gasteiger partial charge is 0.481 e. The number of hydrogen-bond donors (Lipinski definition) is 1. The zero-order chi connectivity index (χ0) is 13.1. The van der Waals surface area contributed by atoms with Gasteiger partial charge in [-0.3, -0.25) is 9.59 Å². The van der Waals surface area contributed by atoms with Crippen LogP contribution in [0.5, 0.6) is 0 Å². The van der Waals surface area contributed by atoms with Crippen LogP contribution in [0.1, 0.15) is 30.4 Å². The van der Waals surface area contributed by atoms with Gasteiger partial charge in [-0.25, -0.2) is 0 Å². The molecule has 18 heavy (non-hydrogen) atoms. The number of carboxylic acid groups (broad SMARTS) is 1. The molecule has 0 saturated carbocycles. The Balaban J connectivity index is 2.18. The summed E-state index contributed by atoms with van der Waals surface area (Å²) in [5, 5.41) is 8.63. The van der Waals surface area contributed by atoms with Crippen molar-refractivity contribution in [2.24, 2.45) is 0 Å². The van der Waals surface area contributed by atoms with Crippen LogP contribution in [0.25, 0.3) is 0 Å². The molecule has 0 radical (unpaired) electrons. The maximum absolute atomic E-state index is 12.0. The molecule has 0 bridgehead atoms. The van der Waals surface area contributed by atoms with Crippen LogP contribution in [0.3, 0.4) is 0 Å². The predicted molar refractivity (Wildman–Crippen MR) is 68.7 cm³/mol. The van der Waals surface area contributed by atoms with Crippen LogP contribution >= 0.6 is 0 Å². The maximum Gasteiger partial charge on any atom is 0.303 e. The molecule has 96 valence electrons. The van der Waals surface area contributed by atoms with Crippen LogP contribution in [0.4, 0.5) is 5.69 Å². The fourth-order valence-corrected chi connectivity index (χ4v) is 2.29. The van der Waals surface area contributed by atoms with Crippen LogP contribution in [-0.4, -0.2) is 23.5 Å². The van der Waals surface area contributed by atoms with E-state index in [4.69, 9.17) is 5.11 Å². The van der Waals surface area contributed by atoms with Crippen molar-refractivity contribution < 1.29 is 14.7 Å². The Kier molecular flexibility index (Phi) is 3.65. The van der Waals surface area contributed by atoms with Gasteiger partial charge in [-0.05, 0) is 37.0 Å². The van der Waals surface area contributed by atoms with Gasteiger partial charge in [0.25, 0.3) is 0 Å². The Morgan fingerprint density at radius 1 is 1.33 bits per heavy atom. The van der Waals surface area contributed by atoms with E-state index in [2.05, 4.69) is 6.07 Å². The van der Waals surface area contributed by atoms with Crippen LogP contribution in [-0.2, 0) is 16.0 Å². The lowest BCUT2D eigenvalue weighted by Crippen LogP contribution is -2.35. The summed E-state index contributed by atoms with van der Waals surface area (Å²) in [6, 6.07) is 6.11. The number of nitrogens with zero attached hydrogens (tertiary/aromatic N) is 1. The standard InChI is InChI=1S/C14H17NO3/c1-10-4-5-11-3-2-8-15(12(11)9-10)13(16)6-7-14(17)18/h4-5,9H,2-3,6-8H2,1H3,(H,17,18). The van der Waals surface area contributed by atoms with Crippen LogP contribution in [0.15, 0.2) is 18.2 Å². The molecule has 0 unspecified atom stereocenters. The molecule has 1 aliphatic rings. The van der Waals surface area contributed by atoms with E-state index < -0.39 is 5.97 Å². The molecule has 0 spiro atoms. The van der Waals surface area contributed by atoms with Gasteiger partial charge in [0.15, 0.2) is 0 Å². The summed E-state index contributed by atoms with van der Waals surface area (Å²) in [5.41, 5.74) is 3.25. The van der Waals surface area contributed by atoms with Gasteiger partial charge in [0.2, 0.25) is 5.91 Å². The molecule has 0 atom stereocenters. The molecule has 0 fully saturated rings. The van der Waals surface area contributed by atoms with Gasteiger partial charge in [-0.1, -0.05) is 12.1 Å². The van der Waals surface area contributed by atoms with Crippen molar-refractivity contribution in [3.63, 3.8) is 0 Å². The predicted octanol–water partition coefficient (Wildman–Crippen LogP) is 2.14. The second-order valence-electron chi connectivity index (χ2n) is 4.67. The lowest BCUT2D eigenvalue weighted by atomic mass is 9.99. The SMILES string of the molecule is Cc1ccc2c(c1)N(C(=O)CCC(=O)O)CCC2. The smallest absolute Gasteiger partial charge is 0.303 e. The molecule has 0 aromatic heterocycles. The van der Waals surface area contributed by atoms with Gasteiger partial charge in [-0.2, -0.15) is 0 Å². The van der Waals surface area contributed by atoms with Gasteiger partial charge in [-0.15, -0.1) is 0 Å². The fraction of sp³-hybridized carbons (Fsp3) is 0.429. The summed E-state index contributed by atoms with van der Waals surface area (Å²) >= 11 is 0. The van der Waals surface area contributed by atoms with E-state index in [9.17, 15) is 9.59 Å². The first kappa shape index (κ1) is 12.6. The first-order chi connectivity index (χ1) is 8.58. The van der Waals surface area contributed by atoms with Crippen molar-refractivity contribution in [2.75, 3.05) is 11.4 Å². The summed E-state index contributed by atoms with van der Waals surface area (Å²) in [6.07, 6.45) is 1.90. The first-order valence-electron chi connectivity index (χ1n) is 6.19. The number of fused-ring (bicyclic) bond motifs is 1. The lowest BCUT2D eigenvalue weighted by molar-refractivity contribution is -0.138. The van der Waals surface area contributed by atoms with E-state index >= 15 is 0 Å². The van der Waals surface area contributed by atoms with Gasteiger partial charge in [0.05, 0.1) is 6.42 Å². The van der Waals surface area contributed by atoms with E-state index in [0.29, 0.717) is 6.54 Å². The second-order valence-corrected chi connectivity index (χ2v) is 4.67. The summed E-state index contributed by atoms with van der Waals surface area (Å²) in [4.78, 5) is 24.3. The number of carbonyl (C=O) groups excluding carboxylic acids is 1. The highest BCUT2D eigenvalue weighted by atomic mass is 16.4. The first-order valence-corrected chi connectivity index (χ1v) is 6.19. The molecule has 1 aromatic rings. The average Bonchev–Trinajstić information content (AvgIpc) is 2.35. The topological polar surface area (TPSA) is 57.6 Å². The number of hydrogen-bond acceptors (Lipinski definition) is 2. The number of benzene rings is 1. The second kappa shape index (κ2) is 5.21. The number of rotatable bonds is 3. The molecule has 0 saturated heterocycles. The minimum absolute atomic E-state index is 0.0721. The fourth-order valence-electron chi connectivity index (χ4n) is 2.29. The third-order valence-corrected chi connectivity index (χ3v) is 3.21. The Morgan fingerprint density at radius 3 is 2.83 bits per heavy atom. The van der Waals surface area contributed by atoms with E-state index in [1.54, 1.807) is 4.90 Å². The highest BCUT2D eigenvalue weighted by molar-refractivity contribution is 5.96. The van der Waals surface area contributed by atoms with Crippen molar-refractivity contribution in [2.45, 2.75) is 32.6 Å². The lowest BCUT2D eigenvalue weighted by Gasteiger charge is -2.29. The monoisotopic (exact) mass is 247 g/mol. The number of aliphatic carboxylic acids is 1. The average molecular weight is 247 g/mol. The van der Waals surface area contributed by atoms with E-state index in [0.717, 1.165) is 24.1 Å². The van der Waals surface area contributed by atoms with Crippen molar-refractivity contribution in [1.29, 1.82) is 0 Å². The number of carbonyl (C=O) groups is 2. The summed E-state index contributed by atoms with van der Waals surface area (Å²) in [5.74, 6) is -1.02. The third-order valence-electron chi connectivity index (χ3n) is 3.21. The van der Waals surface area contributed by atoms with Crippen molar-refractivity contribution in [1.82, 2.24) is 0 Å². The Bertz CT molecular complexity index is 482. The minimum Gasteiger partial charge on any atom is -0.481 e. The molecule has 1 amide bonds. The zero-order valence-electron chi connectivity index (χ0n) is 10.5. The molecule has 4 heteroatoms. The van der Waals surface area contributed by atoms with Gasteiger partial charge in [0.1, 0.15) is 0 Å². The van der Waals surface area contributed by atoms with Crippen LogP contribution < -0.4 is 4.90 Å². The number of amides is 1. The third kappa shape index (κ3) is 2.70. The molecule has 4 nitrogen and oxygen atoms in total. The Labute approximate surface area is 106 Å². The minimum atomic E-state index is -0.926. The summed E-state index contributed by atoms with van der Waals surface area (Å²) < 4.78 is 0.